The monoisotopic (exact) mass is 394 g/mol. The van der Waals surface area contributed by atoms with Gasteiger partial charge < -0.3 is 15.0 Å². The molecule has 1 saturated heterocycles. The zero-order chi connectivity index (χ0) is 20.8. The van der Waals surface area contributed by atoms with E-state index in [0.29, 0.717) is 30.3 Å². The predicted molar refractivity (Wildman–Crippen MR) is 111 cm³/mol. The van der Waals surface area contributed by atoms with E-state index in [4.69, 9.17) is 4.74 Å². The number of likely N-dealkylation sites (tertiary alicyclic amines) is 1. The first-order valence-electron chi connectivity index (χ1n) is 9.86. The largest absolute Gasteiger partial charge is 0.452 e. The minimum Gasteiger partial charge on any atom is -0.452 e. The molecule has 6 heteroatoms. The Morgan fingerprint density at radius 2 is 1.93 bits per heavy atom. The molecule has 1 aliphatic rings. The maximum atomic E-state index is 12.5. The highest BCUT2D eigenvalue weighted by Crippen LogP contribution is 2.19. The molecular formula is C23H26N2O4. The van der Waals surface area contributed by atoms with Crippen molar-refractivity contribution in [3.63, 3.8) is 0 Å². The Bertz CT molecular complexity index is 909. The highest BCUT2D eigenvalue weighted by atomic mass is 16.5. The molecule has 1 aliphatic heterocycles. The third-order valence-corrected chi connectivity index (χ3v) is 5.01. The Balaban J connectivity index is 1.64. The van der Waals surface area contributed by atoms with Gasteiger partial charge in [-0.05, 0) is 49.9 Å². The first kappa shape index (κ1) is 20.6. The highest BCUT2D eigenvalue weighted by Gasteiger charge is 2.23. The Kier molecular flexibility index (Phi) is 6.65. The number of rotatable bonds is 5. The number of hydrogen-bond acceptors (Lipinski definition) is 4. The summed E-state index contributed by atoms with van der Waals surface area (Å²) in [5.41, 5.74) is 2.04. The molecule has 0 unspecified atom stereocenters. The molecule has 0 spiro atoms. The van der Waals surface area contributed by atoms with Crippen molar-refractivity contribution in [1.29, 1.82) is 0 Å². The number of esters is 1. The van der Waals surface area contributed by atoms with Crippen LogP contribution in [0.1, 0.15) is 46.0 Å². The average Bonchev–Trinajstić information content (AvgIpc) is 2.72. The maximum Gasteiger partial charge on any atom is 0.340 e. The second kappa shape index (κ2) is 9.37. The molecule has 0 aromatic heterocycles. The quantitative estimate of drug-likeness (QED) is 0.785. The summed E-state index contributed by atoms with van der Waals surface area (Å²) < 4.78 is 5.24. The van der Waals surface area contributed by atoms with Gasteiger partial charge in [0, 0.05) is 18.7 Å². The van der Waals surface area contributed by atoms with Gasteiger partial charge in [-0.25, -0.2) is 4.79 Å². The lowest BCUT2D eigenvalue weighted by atomic mass is 10.0. The molecule has 0 saturated carbocycles. The van der Waals surface area contributed by atoms with Gasteiger partial charge in [0.05, 0.1) is 11.3 Å². The Labute approximate surface area is 170 Å². The average molecular weight is 394 g/mol. The number of nitrogens with one attached hydrogen (secondary N) is 1. The van der Waals surface area contributed by atoms with Gasteiger partial charge in [0.25, 0.3) is 11.8 Å². The van der Waals surface area contributed by atoms with Crippen molar-refractivity contribution in [2.75, 3.05) is 25.0 Å². The standard InChI is InChI=1S/C23H26N2O4/c1-16-7-5-9-18(13-16)22(27)24-20-11-4-3-10-19(20)23(28)29-15-21(26)25-12-6-8-17(2)14-25/h3-5,7,9-11,13,17H,6,8,12,14-15H2,1-2H3,(H,24,27)/t17-/m1/s1. The Hall–Kier alpha value is -3.15. The third kappa shape index (κ3) is 5.44. The fourth-order valence-corrected chi connectivity index (χ4v) is 3.46. The number of ether oxygens (including phenoxy) is 1. The molecule has 0 radical (unpaired) electrons. The van der Waals surface area contributed by atoms with Gasteiger partial charge in [0.2, 0.25) is 0 Å². The first-order chi connectivity index (χ1) is 13.9. The summed E-state index contributed by atoms with van der Waals surface area (Å²) in [5, 5.41) is 2.76. The van der Waals surface area contributed by atoms with Crippen molar-refractivity contribution in [2.45, 2.75) is 26.7 Å². The molecule has 152 valence electrons. The topological polar surface area (TPSA) is 75.7 Å². The van der Waals surface area contributed by atoms with E-state index in [2.05, 4.69) is 12.2 Å². The van der Waals surface area contributed by atoms with Gasteiger partial charge in [-0.2, -0.15) is 0 Å². The van der Waals surface area contributed by atoms with E-state index < -0.39 is 5.97 Å². The van der Waals surface area contributed by atoms with Crippen LogP contribution in [-0.2, 0) is 9.53 Å². The van der Waals surface area contributed by atoms with Crippen LogP contribution in [0.4, 0.5) is 5.69 Å². The van der Waals surface area contributed by atoms with Crippen molar-refractivity contribution in [3.8, 4) is 0 Å². The van der Waals surface area contributed by atoms with Crippen LogP contribution in [0.5, 0.6) is 0 Å². The predicted octanol–water partition coefficient (Wildman–Crippen LogP) is 3.66. The van der Waals surface area contributed by atoms with Crippen molar-refractivity contribution in [1.82, 2.24) is 4.90 Å². The van der Waals surface area contributed by atoms with Crippen molar-refractivity contribution < 1.29 is 19.1 Å². The number of amides is 2. The SMILES string of the molecule is Cc1cccc(C(=O)Nc2ccccc2C(=O)OCC(=O)N2CCC[C@@H](C)C2)c1. The zero-order valence-electron chi connectivity index (χ0n) is 16.8. The van der Waals surface area contributed by atoms with Crippen LogP contribution in [0.3, 0.4) is 0 Å². The molecule has 3 rings (SSSR count). The summed E-state index contributed by atoms with van der Waals surface area (Å²) in [7, 11) is 0. The lowest BCUT2D eigenvalue weighted by molar-refractivity contribution is -0.136. The second-order valence-corrected chi connectivity index (χ2v) is 7.53. The van der Waals surface area contributed by atoms with E-state index in [1.165, 1.54) is 0 Å². The lowest BCUT2D eigenvalue weighted by Gasteiger charge is -2.30. The van der Waals surface area contributed by atoms with Crippen LogP contribution in [0, 0.1) is 12.8 Å². The third-order valence-electron chi connectivity index (χ3n) is 5.01. The first-order valence-corrected chi connectivity index (χ1v) is 9.86. The fourth-order valence-electron chi connectivity index (χ4n) is 3.46. The number of anilines is 1. The molecule has 0 bridgehead atoms. The minimum atomic E-state index is -0.636. The molecule has 0 aliphatic carbocycles. The highest BCUT2D eigenvalue weighted by molar-refractivity contribution is 6.08. The number of para-hydroxylation sites is 1. The molecule has 1 N–H and O–H groups in total. The fraction of sp³-hybridized carbons (Fsp3) is 0.348. The van der Waals surface area contributed by atoms with Gasteiger partial charge in [-0.1, -0.05) is 36.8 Å². The molecule has 2 aromatic carbocycles. The summed E-state index contributed by atoms with van der Waals surface area (Å²) in [6.45, 7) is 5.11. The molecular weight excluding hydrogens is 368 g/mol. The summed E-state index contributed by atoms with van der Waals surface area (Å²) in [6, 6.07) is 13.8. The molecule has 1 atom stereocenters. The molecule has 1 fully saturated rings. The maximum absolute atomic E-state index is 12.5. The molecule has 29 heavy (non-hydrogen) atoms. The number of aryl methyl sites for hydroxylation is 1. The molecule has 2 aromatic rings. The summed E-state index contributed by atoms with van der Waals surface area (Å²) in [4.78, 5) is 39.1. The minimum absolute atomic E-state index is 0.189. The van der Waals surface area contributed by atoms with E-state index >= 15 is 0 Å². The van der Waals surface area contributed by atoms with E-state index in [9.17, 15) is 14.4 Å². The summed E-state index contributed by atoms with van der Waals surface area (Å²) >= 11 is 0. The smallest absolute Gasteiger partial charge is 0.340 e. The number of hydrogen-bond donors (Lipinski definition) is 1. The molecule has 6 nitrogen and oxygen atoms in total. The van der Waals surface area contributed by atoms with Crippen LogP contribution < -0.4 is 5.32 Å². The van der Waals surface area contributed by atoms with Gasteiger partial charge in [-0.3, -0.25) is 9.59 Å². The van der Waals surface area contributed by atoms with Crippen LogP contribution in [-0.4, -0.2) is 42.4 Å². The van der Waals surface area contributed by atoms with Crippen LogP contribution in [0.25, 0.3) is 0 Å². The lowest BCUT2D eigenvalue weighted by Crippen LogP contribution is -2.41. The van der Waals surface area contributed by atoms with Crippen LogP contribution in [0.2, 0.25) is 0 Å². The number of nitrogens with zero attached hydrogens (tertiary/aromatic N) is 1. The van der Waals surface area contributed by atoms with E-state index in [-0.39, 0.29) is 24.0 Å². The van der Waals surface area contributed by atoms with Gasteiger partial charge >= 0.3 is 5.97 Å². The number of benzene rings is 2. The van der Waals surface area contributed by atoms with Gasteiger partial charge in [0.15, 0.2) is 6.61 Å². The number of piperidine rings is 1. The van der Waals surface area contributed by atoms with E-state index in [1.807, 2.05) is 13.0 Å². The van der Waals surface area contributed by atoms with E-state index in [0.717, 1.165) is 18.4 Å². The van der Waals surface area contributed by atoms with E-state index in [1.54, 1.807) is 47.4 Å². The molecule has 2 amide bonds. The van der Waals surface area contributed by atoms with Crippen LogP contribution in [0.15, 0.2) is 48.5 Å². The normalized spacial score (nSPS) is 16.2. The number of carbonyl (C=O) groups excluding carboxylic acids is 3. The number of carbonyl (C=O) groups is 3. The van der Waals surface area contributed by atoms with Crippen LogP contribution >= 0.6 is 0 Å². The molecule has 1 heterocycles. The summed E-state index contributed by atoms with van der Waals surface area (Å²) in [6.07, 6.45) is 2.08. The second-order valence-electron chi connectivity index (χ2n) is 7.53. The van der Waals surface area contributed by atoms with Crippen molar-refractivity contribution >= 4 is 23.5 Å². The zero-order valence-corrected chi connectivity index (χ0v) is 16.8. The van der Waals surface area contributed by atoms with Crippen molar-refractivity contribution in [3.05, 3.63) is 65.2 Å². The van der Waals surface area contributed by atoms with Gasteiger partial charge in [-0.15, -0.1) is 0 Å². The van der Waals surface area contributed by atoms with Crippen molar-refractivity contribution in [2.24, 2.45) is 5.92 Å². The van der Waals surface area contributed by atoms with Gasteiger partial charge in [0.1, 0.15) is 0 Å². The Morgan fingerprint density at radius 3 is 2.69 bits per heavy atom. The summed E-state index contributed by atoms with van der Waals surface area (Å²) in [5.74, 6) is -0.678. The Morgan fingerprint density at radius 1 is 1.14 bits per heavy atom.